The molecule has 1 atom stereocenters. The van der Waals surface area contributed by atoms with E-state index in [-0.39, 0.29) is 5.91 Å². The van der Waals surface area contributed by atoms with Crippen molar-refractivity contribution in [2.24, 2.45) is 0 Å². The molecule has 0 aliphatic carbocycles. The summed E-state index contributed by atoms with van der Waals surface area (Å²) in [4.78, 5) is 13.1. The summed E-state index contributed by atoms with van der Waals surface area (Å²) in [5.41, 5.74) is 0.975. The van der Waals surface area contributed by atoms with Crippen molar-refractivity contribution >= 4 is 33.2 Å². The first-order chi connectivity index (χ1) is 13.0. The molecule has 7 heteroatoms. The van der Waals surface area contributed by atoms with Gasteiger partial charge in [-0.25, -0.2) is 8.42 Å². The summed E-state index contributed by atoms with van der Waals surface area (Å²) in [6.45, 7) is 5.65. The van der Waals surface area contributed by atoms with E-state index in [0.717, 1.165) is 16.1 Å². The molecular formula is C21H27ClN2O3S. The van der Waals surface area contributed by atoms with Crippen LogP contribution in [0.25, 0.3) is 0 Å². The van der Waals surface area contributed by atoms with Gasteiger partial charge in [-0.15, -0.1) is 0 Å². The minimum absolute atomic E-state index is 0.330. The predicted octanol–water partition coefficient (Wildman–Crippen LogP) is 4.02. The molecule has 1 N–H and O–H groups in total. The highest BCUT2D eigenvalue weighted by Crippen LogP contribution is 2.25. The normalized spacial score (nSPS) is 13.0. The van der Waals surface area contributed by atoms with Crippen LogP contribution in [0.5, 0.6) is 0 Å². The van der Waals surface area contributed by atoms with E-state index in [1.807, 2.05) is 44.2 Å². The Kier molecular flexibility index (Phi) is 7.12. The quantitative estimate of drug-likeness (QED) is 0.698. The van der Waals surface area contributed by atoms with Gasteiger partial charge in [0.15, 0.2) is 0 Å². The number of hydrogen-bond acceptors (Lipinski definition) is 3. The van der Waals surface area contributed by atoms with Crippen LogP contribution in [0.1, 0.15) is 32.8 Å². The molecule has 28 heavy (non-hydrogen) atoms. The molecule has 2 rings (SSSR count). The molecule has 0 aliphatic heterocycles. The molecule has 0 unspecified atom stereocenters. The van der Waals surface area contributed by atoms with Gasteiger partial charge in [0.2, 0.25) is 15.9 Å². The number of nitrogens with zero attached hydrogens (tertiary/aromatic N) is 1. The van der Waals surface area contributed by atoms with Crippen LogP contribution in [0, 0.1) is 0 Å². The molecule has 0 spiro atoms. The van der Waals surface area contributed by atoms with Gasteiger partial charge in [-0.05, 0) is 56.5 Å². The standard InChI is InChI=1S/C21H27ClN2O3S/c1-5-19(24(28(4,26)27)18-13-11-17(22)12-14-18)20(25)23-21(2,3)15-16-9-7-6-8-10-16/h6-14,19H,5,15H2,1-4H3,(H,23,25)/t19-/m0/s1. The zero-order chi connectivity index (χ0) is 20.9. The third-order valence-corrected chi connectivity index (χ3v) is 5.79. The van der Waals surface area contributed by atoms with Crippen LogP contribution in [0.4, 0.5) is 5.69 Å². The van der Waals surface area contributed by atoms with Gasteiger partial charge in [-0.1, -0.05) is 48.9 Å². The van der Waals surface area contributed by atoms with Crippen LogP contribution in [0.2, 0.25) is 5.02 Å². The largest absolute Gasteiger partial charge is 0.349 e. The number of nitrogens with one attached hydrogen (secondary N) is 1. The van der Waals surface area contributed by atoms with Crippen LogP contribution in [0.3, 0.4) is 0 Å². The number of benzene rings is 2. The SMILES string of the molecule is CC[C@@H](C(=O)NC(C)(C)Cc1ccccc1)N(c1ccc(Cl)cc1)S(C)(=O)=O. The second kappa shape index (κ2) is 8.97. The molecule has 0 aromatic heterocycles. The second-order valence-corrected chi connectivity index (χ2v) is 9.79. The van der Waals surface area contributed by atoms with E-state index < -0.39 is 21.6 Å². The fourth-order valence-electron chi connectivity index (χ4n) is 3.22. The van der Waals surface area contributed by atoms with Crippen LogP contribution < -0.4 is 9.62 Å². The fourth-order valence-corrected chi connectivity index (χ4v) is 4.55. The monoisotopic (exact) mass is 422 g/mol. The lowest BCUT2D eigenvalue weighted by atomic mass is 9.94. The minimum Gasteiger partial charge on any atom is -0.349 e. The molecule has 152 valence electrons. The summed E-state index contributed by atoms with van der Waals surface area (Å²) in [7, 11) is -3.67. The Bertz CT molecular complexity index is 897. The molecule has 0 heterocycles. The Hall–Kier alpha value is -2.05. The van der Waals surface area contributed by atoms with E-state index in [1.165, 1.54) is 0 Å². The van der Waals surface area contributed by atoms with Gasteiger partial charge in [-0.2, -0.15) is 0 Å². The van der Waals surface area contributed by atoms with E-state index >= 15 is 0 Å². The molecular weight excluding hydrogens is 396 g/mol. The summed E-state index contributed by atoms with van der Waals surface area (Å²) in [6.07, 6.45) is 2.07. The van der Waals surface area contributed by atoms with E-state index in [4.69, 9.17) is 11.6 Å². The lowest BCUT2D eigenvalue weighted by Crippen LogP contribution is -2.55. The molecule has 0 bridgehead atoms. The number of rotatable bonds is 8. The Labute approximate surface area is 172 Å². The van der Waals surface area contributed by atoms with Gasteiger partial charge in [-0.3, -0.25) is 9.10 Å². The van der Waals surface area contributed by atoms with Gasteiger partial charge < -0.3 is 5.32 Å². The third-order valence-electron chi connectivity index (χ3n) is 4.36. The lowest BCUT2D eigenvalue weighted by molar-refractivity contribution is -0.123. The van der Waals surface area contributed by atoms with Gasteiger partial charge in [0.1, 0.15) is 6.04 Å². The summed E-state index contributed by atoms with van der Waals surface area (Å²) in [5, 5.41) is 3.52. The number of halogens is 1. The molecule has 1 amide bonds. The summed E-state index contributed by atoms with van der Waals surface area (Å²) < 4.78 is 26.1. The third kappa shape index (κ3) is 5.97. The van der Waals surface area contributed by atoms with Crippen molar-refractivity contribution in [1.82, 2.24) is 5.32 Å². The molecule has 0 aliphatic rings. The molecule has 2 aromatic rings. The first kappa shape index (κ1) is 22.2. The topological polar surface area (TPSA) is 66.5 Å². The Morgan fingerprint density at radius 1 is 1.11 bits per heavy atom. The van der Waals surface area contributed by atoms with Crippen molar-refractivity contribution in [1.29, 1.82) is 0 Å². The van der Waals surface area contributed by atoms with Crippen molar-refractivity contribution in [3.8, 4) is 0 Å². The average Bonchev–Trinajstić information content (AvgIpc) is 2.59. The van der Waals surface area contributed by atoms with Crippen LogP contribution in [-0.4, -0.2) is 32.2 Å². The minimum atomic E-state index is -3.67. The maximum atomic E-state index is 13.1. The summed E-state index contributed by atoms with van der Waals surface area (Å²) in [5.74, 6) is -0.330. The van der Waals surface area contributed by atoms with E-state index in [0.29, 0.717) is 23.6 Å². The maximum absolute atomic E-state index is 13.1. The van der Waals surface area contributed by atoms with Crippen LogP contribution >= 0.6 is 11.6 Å². The molecule has 0 fully saturated rings. The molecule has 0 saturated heterocycles. The first-order valence-electron chi connectivity index (χ1n) is 9.14. The van der Waals surface area contributed by atoms with Crippen molar-refractivity contribution in [2.45, 2.75) is 45.2 Å². The van der Waals surface area contributed by atoms with Gasteiger partial charge in [0.25, 0.3) is 0 Å². The van der Waals surface area contributed by atoms with E-state index in [2.05, 4.69) is 5.32 Å². The van der Waals surface area contributed by atoms with Gasteiger partial charge in [0.05, 0.1) is 11.9 Å². The van der Waals surface area contributed by atoms with Crippen molar-refractivity contribution in [2.75, 3.05) is 10.6 Å². The molecule has 5 nitrogen and oxygen atoms in total. The Morgan fingerprint density at radius 3 is 2.18 bits per heavy atom. The highest BCUT2D eigenvalue weighted by molar-refractivity contribution is 7.92. The number of sulfonamides is 1. The molecule has 2 aromatic carbocycles. The zero-order valence-electron chi connectivity index (χ0n) is 16.6. The van der Waals surface area contributed by atoms with Crippen LogP contribution in [0.15, 0.2) is 54.6 Å². The summed E-state index contributed by atoms with van der Waals surface area (Å²) in [6, 6.07) is 15.4. The number of amides is 1. The Balaban J connectivity index is 2.27. The van der Waals surface area contributed by atoms with E-state index in [9.17, 15) is 13.2 Å². The van der Waals surface area contributed by atoms with Gasteiger partial charge in [0, 0.05) is 10.6 Å². The molecule has 0 saturated carbocycles. The fraction of sp³-hybridized carbons (Fsp3) is 0.381. The van der Waals surface area contributed by atoms with E-state index in [1.54, 1.807) is 31.2 Å². The lowest BCUT2D eigenvalue weighted by Gasteiger charge is -2.34. The van der Waals surface area contributed by atoms with Crippen LogP contribution in [-0.2, 0) is 21.2 Å². The van der Waals surface area contributed by atoms with Crippen molar-refractivity contribution in [3.05, 3.63) is 65.2 Å². The highest BCUT2D eigenvalue weighted by atomic mass is 35.5. The highest BCUT2D eigenvalue weighted by Gasteiger charge is 2.34. The predicted molar refractivity (Wildman–Crippen MR) is 115 cm³/mol. The van der Waals surface area contributed by atoms with Crippen molar-refractivity contribution < 1.29 is 13.2 Å². The maximum Gasteiger partial charge on any atom is 0.244 e. The Morgan fingerprint density at radius 2 is 1.68 bits per heavy atom. The van der Waals surface area contributed by atoms with Gasteiger partial charge >= 0.3 is 0 Å². The number of hydrogen-bond donors (Lipinski definition) is 1. The van der Waals surface area contributed by atoms with Crippen molar-refractivity contribution in [3.63, 3.8) is 0 Å². The molecule has 0 radical (unpaired) electrons. The summed E-state index contributed by atoms with van der Waals surface area (Å²) >= 11 is 5.92. The second-order valence-electron chi connectivity index (χ2n) is 7.49. The average molecular weight is 423 g/mol. The number of anilines is 1. The first-order valence-corrected chi connectivity index (χ1v) is 11.4. The number of carbonyl (C=O) groups excluding carboxylic acids is 1. The number of carbonyl (C=O) groups is 1. The smallest absolute Gasteiger partial charge is 0.244 e. The zero-order valence-corrected chi connectivity index (χ0v) is 18.2.